The van der Waals surface area contributed by atoms with E-state index in [0.717, 1.165) is 42.6 Å². The summed E-state index contributed by atoms with van der Waals surface area (Å²) in [5.74, 6) is 0.516. The molecule has 5 rings (SSSR count). The molecule has 26 heavy (non-hydrogen) atoms. The fourth-order valence-electron chi connectivity index (χ4n) is 6.63. The van der Waals surface area contributed by atoms with Crippen LogP contribution in [-0.2, 0) is 21.5 Å². The van der Waals surface area contributed by atoms with Crippen LogP contribution in [0.4, 0.5) is 0 Å². The zero-order chi connectivity index (χ0) is 18.2. The molecule has 1 aromatic rings. The van der Waals surface area contributed by atoms with Gasteiger partial charge in [0.25, 0.3) is 0 Å². The molecule has 3 fully saturated rings. The van der Waals surface area contributed by atoms with Crippen LogP contribution in [0.2, 0.25) is 0 Å². The molecule has 1 aliphatic heterocycles. The molecule has 0 aromatic heterocycles. The molecule has 2 N–H and O–H groups in total. The number of rotatable bonds is 1. The lowest BCUT2D eigenvalue weighted by Crippen LogP contribution is -2.62. The van der Waals surface area contributed by atoms with Crippen molar-refractivity contribution in [2.45, 2.75) is 56.5 Å². The molecule has 5 atom stereocenters. The predicted molar refractivity (Wildman–Crippen MR) is 94.8 cm³/mol. The number of methoxy groups -OCH3 is 1. The zero-order valence-electron chi connectivity index (χ0n) is 15.5. The third-order valence-corrected chi connectivity index (χ3v) is 7.87. The number of aliphatic hydroxyl groups is 2. The lowest BCUT2D eigenvalue weighted by atomic mass is 9.51. The van der Waals surface area contributed by atoms with Crippen molar-refractivity contribution in [2.24, 2.45) is 17.3 Å². The van der Waals surface area contributed by atoms with E-state index < -0.39 is 17.5 Å². The Labute approximate surface area is 154 Å². The minimum Gasteiger partial charge on any atom is -0.497 e. The molecule has 5 heteroatoms. The molecule has 1 aromatic carbocycles. The van der Waals surface area contributed by atoms with E-state index in [0.29, 0.717) is 19.6 Å². The van der Waals surface area contributed by atoms with Crippen LogP contribution in [-0.4, -0.2) is 42.4 Å². The van der Waals surface area contributed by atoms with Crippen LogP contribution in [0.1, 0.15) is 43.7 Å². The summed E-state index contributed by atoms with van der Waals surface area (Å²) in [4.78, 5) is 0. The minimum absolute atomic E-state index is 0.0179. The molecule has 1 spiro atoms. The highest BCUT2D eigenvalue weighted by Crippen LogP contribution is 2.67. The second kappa shape index (κ2) is 5.44. The molecule has 0 amide bonds. The lowest BCUT2D eigenvalue weighted by molar-refractivity contribution is -0.277. The van der Waals surface area contributed by atoms with Gasteiger partial charge in [-0.2, -0.15) is 0 Å². The molecule has 4 aliphatic rings. The Morgan fingerprint density at radius 1 is 1.15 bits per heavy atom. The Balaban J connectivity index is 1.59. The van der Waals surface area contributed by atoms with Crippen molar-refractivity contribution < 1.29 is 24.4 Å². The number of aliphatic hydroxyl groups excluding tert-OH is 1. The van der Waals surface area contributed by atoms with Crippen molar-refractivity contribution in [3.05, 3.63) is 29.3 Å². The summed E-state index contributed by atoms with van der Waals surface area (Å²) >= 11 is 0. The maximum atomic E-state index is 11.8. The molecule has 0 bridgehead atoms. The fourth-order valence-corrected chi connectivity index (χ4v) is 6.63. The first kappa shape index (κ1) is 17.0. The van der Waals surface area contributed by atoms with Crippen molar-refractivity contribution in [2.75, 3.05) is 20.3 Å². The Morgan fingerprint density at radius 2 is 1.92 bits per heavy atom. The van der Waals surface area contributed by atoms with Gasteiger partial charge >= 0.3 is 0 Å². The van der Waals surface area contributed by atoms with Gasteiger partial charge in [0.1, 0.15) is 11.4 Å². The molecule has 0 radical (unpaired) electrons. The minimum atomic E-state index is -1.20. The largest absolute Gasteiger partial charge is 0.497 e. The van der Waals surface area contributed by atoms with Gasteiger partial charge in [-0.3, -0.25) is 0 Å². The number of aryl methyl sites for hydroxylation is 1. The summed E-state index contributed by atoms with van der Waals surface area (Å²) in [6.07, 6.45) is 3.25. The van der Waals surface area contributed by atoms with E-state index in [2.05, 4.69) is 6.92 Å². The average molecular weight is 360 g/mol. The van der Waals surface area contributed by atoms with E-state index >= 15 is 0 Å². The van der Waals surface area contributed by atoms with E-state index in [-0.39, 0.29) is 17.3 Å². The highest BCUT2D eigenvalue weighted by Gasteiger charge is 2.70. The van der Waals surface area contributed by atoms with E-state index in [9.17, 15) is 10.2 Å². The SMILES string of the molecule is COc1ccc2c(c1)CCC1[C@@H]3CCC4(OCCO4)C3(C)C[C@@H](O)[C@@]21O. The van der Waals surface area contributed by atoms with Crippen molar-refractivity contribution in [1.82, 2.24) is 0 Å². The summed E-state index contributed by atoms with van der Waals surface area (Å²) in [6, 6.07) is 5.84. The molecule has 1 saturated heterocycles. The number of hydrogen-bond acceptors (Lipinski definition) is 5. The first-order valence-corrected chi connectivity index (χ1v) is 9.80. The van der Waals surface area contributed by atoms with Crippen LogP contribution in [0, 0.1) is 17.3 Å². The third-order valence-electron chi connectivity index (χ3n) is 7.87. The molecular formula is C21H28O5. The van der Waals surface area contributed by atoms with Crippen LogP contribution >= 0.6 is 0 Å². The molecule has 1 heterocycles. The summed E-state index contributed by atoms with van der Waals surface area (Å²) in [7, 11) is 1.66. The second-order valence-electron chi connectivity index (χ2n) is 8.73. The van der Waals surface area contributed by atoms with Crippen LogP contribution in [0.25, 0.3) is 0 Å². The monoisotopic (exact) mass is 360 g/mol. The predicted octanol–water partition coefficient (Wildman–Crippen LogP) is 2.37. The molecule has 142 valence electrons. The van der Waals surface area contributed by atoms with E-state index in [1.807, 2.05) is 18.2 Å². The lowest BCUT2D eigenvalue weighted by Gasteiger charge is -2.58. The van der Waals surface area contributed by atoms with Gasteiger partial charge in [0.2, 0.25) is 0 Å². The van der Waals surface area contributed by atoms with E-state index in [4.69, 9.17) is 14.2 Å². The average Bonchev–Trinajstić information content (AvgIpc) is 3.22. The van der Waals surface area contributed by atoms with Crippen molar-refractivity contribution >= 4 is 0 Å². The highest BCUT2D eigenvalue weighted by atomic mass is 16.7. The topological polar surface area (TPSA) is 68.2 Å². The number of ether oxygens (including phenoxy) is 3. The highest BCUT2D eigenvalue weighted by molar-refractivity contribution is 5.43. The molecule has 3 aliphatic carbocycles. The van der Waals surface area contributed by atoms with Crippen molar-refractivity contribution in [1.29, 1.82) is 0 Å². The maximum absolute atomic E-state index is 11.8. The first-order valence-electron chi connectivity index (χ1n) is 9.80. The summed E-state index contributed by atoms with van der Waals surface area (Å²) in [6.45, 7) is 3.44. The van der Waals surface area contributed by atoms with Crippen LogP contribution in [0.15, 0.2) is 18.2 Å². The van der Waals surface area contributed by atoms with Crippen LogP contribution in [0.3, 0.4) is 0 Å². The Kier molecular flexibility index (Phi) is 3.56. The van der Waals surface area contributed by atoms with Gasteiger partial charge in [-0.25, -0.2) is 0 Å². The maximum Gasteiger partial charge on any atom is 0.174 e. The smallest absolute Gasteiger partial charge is 0.174 e. The Morgan fingerprint density at radius 3 is 2.65 bits per heavy atom. The number of benzene rings is 1. The Bertz CT molecular complexity index is 727. The standard InChI is InChI=1S/C21H28O5/c1-19-12-18(22)21(23)15-6-4-14(24-2)11-13(15)3-5-17(21)16(19)7-8-20(19)25-9-10-26-20/h4,6,11,16-18,22-23H,3,5,7-10,12H2,1-2H3/t16-,17?,18+,19?,21+/m0/s1. The molecule has 2 unspecified atom stereocenters. The van der Waals surface area contributed by atoms with Gasteiger partial charge in [0, 0.05) is 11.8 Å². The van der Waals surface area contributed by atoms with Crippen molar-refractivity contribution in [3.63, 3.8) is 0 Å². The van der Waals surface area contributed by atoms with Gasteiger partial charge in [0.05, 0.1) is 26.4 Å². The second-order valence-corrected chi connectivity index (χ2v) is 8.73. The van der Waals surface area contributed by atoms with Gasteiger partial charge in [-0.15, -0.1) is 0 Å². The summed E-state index contributed by atoms with van der Waals surface area (Å²) in [5, 5.41) is 23.0. The fraction of sp³-hybridized carbons (Fsp3) is 0.714. The first-order chi connectivity index (χ1) is 12.4. The van der Waals surface area contributed by atoms with Gasteiger partial charge in [-0.1, -0.05) is 13.0 Å². The van der Waals surface area contributed by atoms with Gasteiger partial charge < -0.3 is 24.4 Å². The molecule has 5 nitrogen and oxygen atoms in total. The zero-order valence-corrected chi connectivity index (χ0v) is 15.5. The number of hydrogen-bond donors (Lipinski definition) is 2. The summed E-state index contributed by atoms with van der Waals surface area (Å²) in [5.41, 5.74) is 0.503. The normalized spacial score (nSPS) is 43.0. The van der Waals surface area contributed by atoms with Crippen LogP contribution < -0.4 is 4.74 Å². The van der Waals surface area contributed by atoms with Gasteiger partial charge in [0.15, 0.2) is 5.79 Å². The van der Waals surface area contributed by atoms with E-state index in [1.165, 1.54) is 0 Å². The third kappa shape index (κ3) is 1.90. The van der Waals surface area contributed by atoms with Crippen LogP contribution in [0.5, 0.6) is 5.75 Å². The molecular weight excluding hydrogens is 332 g/mol. The quantitative estimate of drug-likeness (QED) is 0.805. The number of fused-ring (bicyclic) bond motifs is 6. The van der Waals surface area contributed by atoms with Gasteiger partial charge in [-0.05, 0) is 60.8 Å². The molecule has 2 saturated carbocycles. The Hall–Kier alpha value is -1.14. The van der Waals surface area contributed by atoms with E-state index in [1.54, 1.807) is 7.11 Å². The summed E-state index contributed by atoms with van der Waals surface area (Å²) < 4.78 is 17.6. The van der Waals surface area contributed by atoms with Crippen molar-refractivity contribution in [3.8, 4) is 5.75 Å².